The minimum absolute atomic E-state index is 0.181. The van der Waals surface area contributed by atoms with Crippen LogP contribution in [0.15, 0.2) is 42.5 Å². The predicted octanol–water partition coefficient (Wildman–Crippen LogP) is 2.45. The highest BCUT2D eigenvalue weighted by molar-refractivity contribution is 6.05. The van der Waals surface area contributed by atoms with E-state index in [0.29, 0.717) is 0 Å². The third kappa shape index (κ3) is 2.36. The number of hydrogen-bond acceptors (Lipinski definition) is 4. The SMILES string of the molecule is COc1ccc(/C=C/CON2C(=O)[C@H]3[C@@H]4C=CC(C4)[C@H]3C2=O)cc1. The molecule has 0 radical (unpaired) electrons. The molecular formula is C19H19NO4. The van der Waals surface area contributed by atoms with Crippen molar-refractivity contribution >= 4 is 17.9 Å². The van der Waals surface area contributed by atoms with Gasteiger partial charge in [-0.25, -0.2) is 0 Å². The zero-order chi connectivity index (χ0) is 16.7. The first-order valence-corrected chi connectivity index (χ1v) is 8.18. The molecule has 124 valence electrons. The van der Waals surface area contributed by atoms with E-state index in [1.807, 2.05) is 30.3 Å². The number of nitrogens with zero attached hydrogens (tertiary/aromatic N) is 1. The Morgan fingerprint density at radius 1 is 1.08 bits per heavy atom. The molecule has 3 aliphatic rings. The lowest BCUT2D eigenvalue weighted by molar-refractivity contribution is -0.186. The maximum atomic E-state index is 12.4. The van der Waals surface area contributed by atoms with Crippen LogP contribution in [0.5, 0.6) is 5.75 Å². The number of imide groups is 1. The van der Waals surface area contributed by atoms with E-state index in [0.717, 1.165) is 22.8 Å². The highest BCUT2D eigenvalue weighted by atomic mass is 16.7. The fraction of sp³-hybridized carbons (Fsp3) is 0.368. The van der Waals surface area contributed by atoms with Crippen LogP contribution in [0, 0.1) is 23.7 Å². The van der Waals surface area contributed by atoms with Gasteiger partial charge in [0.15, 0.2) is 0 Å². The first kappa shape index (κ1) is 15.1. The van der Waals surface area contributed by atoms with E-state index in [1.165, 1.54) is 0 Å². The number of fused-ring (bicyclic) bond motifs is 5. The number of benzene rings is 1. The molecule has 1 aromatic rings. The molecule has 4 atom stereocenters. The molecule has 1 saturated carbocycles. The molecule has 24 heavy (non-hydrogen) atoms. The summed E-state index contributed by atoms with van der Waals surface area (Å²) in [6.45, 7) is 0.186. The summed E-state index contributed by atoms with van der Waals surface area (Å²) >= 11 is 0. The van der Waals surface area contributed by atoms with Gasteiger partial charge in [0.05, 0.1) is 25.6 Å². The molecule has 5 heteroatoms. The van der Waals surface area contributed by atoms with Crippen molar-refractivity contribution in [3.8, 4) is 5.75 Å². The molecule has 1 aliphatic heterocycles. The van der Waals surface area contributed by atoms with Crippen molar-refractivity contribution in [3.05, 3.63) is 48.1 Å². The minimum Gasteiger partial charge on any atom is -0.497 e. The largest absolute Gasteiger partial charge is 0.497 e. The van der Waals surface area contributed by atoms with E-state index in [1.54, 1.807) is 13.2 Å². The van der Waals surface area contributed by atoms with Crippen LogP contribution in [0.25, 0.3) is 6.08 Å². The average Bonchev–Trinajstić information content (AvgIpc) is 3.28. The second-order valence-electron chi connectivity index (χ2n) is 6.44. The summed E-state index contributed by atoms with van der Waals surface area (Å²) in [5, 5.41) is 0.986. The molecule has 0 spiro atoms. The highest BCUT2D eigenvalue weighted by Gasteiger charge is 2.60. The summed E-state index contributed by atoms with van der Waals surface area (Å²) < 4.78 is 5.11. The van der Waals surface area contributed by atoms with Gasteiger partial charge >= 0.3 is 0 Å². The van der Waals surface area contributed by atoms with Gasteiger partial charge in [-0.1, -0.05) is 36.4 Å². The van der Waals surface area contributed by atoms with Crippen LogP contribution in [-0.4, -0.2) is 30.6 Å². The van der Waals surface area contributed by atoms with Gasteiger partial charge in [0.2, 0.25) is 0 Å². The van der Waals surface area contributed by atoms with Gasteiger partial charge in [-0.3, -0.25) is 14.4 Å². The topological polar surface area (TPSA) is 55.8 Å². The van der Waals surface area contributed by atoms with Crippen LogP contribution < -0.4 is 4.74 Å². The molecule has 0 aromatic heterocycles. The number of allylic oxidation sites excluding steroid dienone is 2. The number of hydrogen-bond donors (Lipinski definition) is 0. The number of ether oxygens (including phenoxy) is 1. The predicted molar refractivity (Wildman–Crippen MR) is 87.6 cm³/mol. The van der Waals surface area contributed by atoms with Gasteiger partial charge < -0.3 is 4.74 Å². The summed E-state index contributed by atoms with van der Waals surface area (Å²) in [5.41, 5.74) is 0.998. The molecule has 1 heterocycles. The summed E-state index contributed by atoms with van der Waals surface area (Å²) in [7, 11) is 1.62. The van der Waals surface area contributed by atoms with Crippen LogP contribution >= 0.6 is 0 Å². The molecule has 2 amide bonds. The summed E-state index contributed by atoms with van der Waals surface area (Å²) in [5.74, 6) is 0.432. The average molecular weight is 325 g/mol. The number of carbonyl (C=O) groups excluding carboxylic acids is 2. The zero-order valence-corrected chi connectivity index (χ0v) is 13.4. The maximum absolute atomic E-state index is 12.4. The van der Waals surface area contributed by atoms with Crippen LogP contribution in [0.4, 0.5) is 0 Å². The third-order valence-electron chi connectivity index (χ3n) is 5.16. The van der Waals surface area contributed by atoms with Gasteiger partial charge in [0, 0.05) is 0 Å². The first-order valence-electron chi connectivity index (χ1n) is 8.18. The Balaban J connectivity index is 1.35. The van der Waals surface area contributed by atoms with Gasteiger partial charge in [-0.2, -0.15) is 5.06 Å². The van der Waals surface area contributed by atoms with Crippen molar-refractivity contribution in [2.75, 3.05) is 13.7 Å². The number of amides is 2. The van der Waals surface area contributed by atoms with Crippen molar-refractivity contribution in [2.24, 2.45) is 23.7 Å². The third-order valence-corrected chi connectivity index (χ3v) is 5.16. The van der Waals surface area contributed by atoms with Crippen LogP contribution in [0.1, 0.15) is 12.0 Å². The smallest absolute Gasteiger partial charge is 0.258 e. The molecule has 1 aromatic carbocycles. The van der Waals surface area contributed by atoms with Gasteiger partial charge in [-0.05, 0) is 36.0 Å². The summed E-state index contributed by atoms with van der Waals surface area (Å²) in [6.07, 6.45) is 8.76. The van der Waals surface area contributed by atoms with E-state index in [2.05, 4.69) is 12.2 Å². The number of rotatable bonds is 5. The van der Waals surface area contributed by atoms with Crippen molar-refractivity contribution in [1.29, 1.82) is 0 Å². The normalized spacial score (nSPS) is 30.6. The van der Waals surface area contributed by atoms with Gasteiger partial charge in [-0.15, -0.1) is 0 Å². The Bertz CT molecular complexity index is 691. The van der Waals surface area contributed by atoms with Crippen molar-refractivity contribution in [2.45, 2.75) is 6.42 Å². The molecule has 2 aliphatic carbocycles. The second-order valence-corrected chi connectivity index (χ2v) is 6.44. The Labute approximate surface area is 140 Å². The van der Waals surface area contributed by atoms with E-state index >= 15 is 0 Å². The Morgan fingerprint density at radius 3 is 2.29 bits per heavy atom. The molecular weight excluding hydrogens is 306 g/mol. The van der Waals surface area contributed by atoms with Crippen LogP contribution in [0.3, 0.4) is 0 Å². The minimum atomic E-state index is -0.210. The lowest BCUT2D eigenvalue weighted by Gasteiger charge is -2.15. The van der Waals surface area contributed by atoms with Crippen molar-refractivity contribution < 1.29 is 19.2 Å². The first-order chi connectivity index (χ1) is 11.7. The second kappa shape index (κ2) is 5.91. The molecule has 2 fully saturated rings. The van der Waals surface area contributed by atoms with Crippen molar-refractivity contribution in [3.63, 3.8) is 0 Å². The summed E-state index contributed by atoms with van der Waals surface area (Å²) in [4.78, 5) is 30.3. The number of methoxy groups -OCH3 is 1. The molecule has 2 bridgehead atoms. The molecule has 0 N–H and O–H groups in total. The highest BCUT2D eigenvalue weighted by Crippen LogP contribution is 2.52. The Hall–Kier alpha value is -2.40. The molecule has 1 saturated heterocycles. The molecule has 1 unspecified atom stereocenters. The number of hydroxylamine groups is 2. The van der Waals surface area contributed by atoms with E-state index in [9.17, 15) is 9.59 Å². The maximum Gasteiger partial charge on any atom is 0.258 e. The monoisotopic (exact) mass is 325 g/mol. The van der Waals surface area contributed by atoms with E-state index < -0.39 is 0 Å². The molecule has 5 nitrogen and oxygen atoms in total. The lowest BCUT2D eigenvalue weighted by atomic mass is 9.85. The standard InChI is InChI=1S/C19H19NO4/c1-23-15-8-4-12(5-9-15)3-2-10-24-20-18(21)16-13-6-7-14(11-13)17(16)19(20)22/h2-9,13-14,16-17H,10-11H2,1H3/b3-2+/t13-,14?,16+,17-/m1/s1. The van der Waals surface area contributed by atoms with Crippen molar-refractivity contribution in [1.82, 2.24) is 5.06 Å². The Morgan fingerprint density at radius 2 is 1.71 bits per heavy atom. The zero-order valence-electron chi connectivity index (χ0n) is 13.4. The van der Waals surface area contributed by atoms with Crippen LogP contribution in [0.2, 0.25) is 0 Å². The Kier molecular flexibility index (Phi) is 3.73. The van der Waals surface area contributed by atoms with Gasteiger partial charge in [0.1, 0.15) is 5.75 Å². The lowest BCUT2D eigenvalue weighted by Crippen LogP contribution is -2.33. The van der Waals surface area contributed by atoms with E-state index in [-0.39, 0.29) is 42.1 Å². The van der Waals surface area contributed by atoms with E-state index in [4.69, 9.17) is 9.57 Å². The number of carbonyl (C=O) groups is 2. The summed E-state index contributed by atoms with van der Waals surface area (Å²) in [6, 6.07) is 7.60. The van der Waals surface area contributed by atoms with Gasteiger partial charge in [0.25, 0.3) is 11.8 Å². The quantitative estimate of drug-likeness (QED) is 0.616. The molecule has 4 rings (SSSR count). The fourth-order valence-electron chi connectivity index (χ4n) is 4.02. The van der Waals surface area contributed by atoms with Crippen LogP contribution in [-0.2, 0) is 14.4 Å². The fourth-order valence-corrected chi connectivity index (χ4v) is 4.02.